The lowest BCUT2D eigenvalue weighted by atomic mass is 9.89. The first-order valence-corrected chi connectivity index (χ1v) is 8.34. The molecule has 0 saturated carbocycles. The normalized spacial score (nSPS) is 11.0. The standard InChI is InChI=1S/C20H19BN2O3/c1-12(2)16-10-15(21)8-14-9-17(19(22)24)23(18(14)16)20(25)26-11-13-6-4-3-5-7-13/h3-10,12H,11H2,1-2H3,(H2,22,24). The van der Waals surface area contributed by atoms with Gasteiger partial charge in [-0.3, -0.25) is 4.79 Å². The highest BCUT2D eigenvalue weighted by molar-refractivity contribution is 6.33. The van der Waals surface area contributed by atoms with E-state index in [4.69, 9.17) is 18.3 Å². The molecule has 2 radical (unpaired) electrons. The molecule has 130 valence electrons. The van der Waals surface area contributed by atoms with Gasteiger partial charge in [-0.1, -0.05) is 61.8 Å². The second-order valence-electron chi connectivity index (χ2n) is 6.47. The number of rotatable bonds is 4. The fraction of sp³-hybridized carbons (Fsp3) is 0.200. The van der Waals surface area contributed by atoms with Crippen LogP contribution in [-0.4, -0.2) is 24.4 Å². The zero-order chi connectivity index (χ0) is 18.8. The molecule has 1 aromatic heterocycles. The smallest absolute Gasteiger partial charge is 0.419 e. The van der Waals surface area contributed by atoms with Gasteiger partial charge in [-0.25, -0.2) is 9.36 Å². The number of ether oxygens (including phenoxy) is 1. The lowest BCUT2D eigenvalue weighted by Gasteiger charge is -2.14. The van der Waals surface area contributed by atoms with Crippen LogP contribution in [0.4, 0.5) is 4.79 Å². The average molecular weight is 346 g/mol. The summed E-state index contributed by atoms with van der Waals surface area (Å²) < 4.78 is 6.67. The molecule has 26 heavy (non-hydrogen) atoms. The Morgan fingerprint density at radius 2 is 1.85 bits per heavy atom. The maximum atomic E-state index is 12.8. The van der Waals surface area contributed by atoms with E-state index in [-0.39, 0.29) is 18.2 Å². The van der Waals surface area contributed by atoms with Crippen LogP contribution in [0.15, 0.2) is 48.5 Å². The van der Waals surface area contributed by atoms with Gasteiger partial charge in [0.25, 0.3) is 5.91 Å². The predicted octanol–water partition coefficient (Wildman–Crippen LogP) is 2.84. The Kier molecular flexibility index (Phi) is 4.84. The van der Waals surface area contributed by atoms with E-state index in [9.17, 15) is 9.59 Å². The topological polar surface area (TPSA) is 74.3 Å². The summed E-state index contributed by atoms with van der Waals surface area (Å²) in [6.07, 6.45) is -0.649. The molecule has 6 heteroatoms. The van der Waals surface area contributed by atoms with E-state index in [1.807, 2.05) is 44.2 Å². The first-order chi connectivity index (χ1) is 12.4. The van der Waals surface area contributed by atoms with Gasteiger partial charge in [-0.2, -0.15) is 0 Å². The van der Waals surface area contributed by atoms with Crippen molar-refractivity contribution in [1.29, 1.82) is 0 Å². The Morgan fingerprint density at radius 1 is 1.15 bits per heavy atom. The number of carbonyl (C=O) groups excluding carboxylic acids is 2. The number of nitrogens with two attached hydrogens (primary N) is 1. The lowest BCUT2D eigenvalue weighted by molar-refractivity contribution is 0.0984. The summed E-state index contributed by atoms with van der Waals surface area (Å²) in [5, 5.41) is 0.680. The van der Waals surface area contributed by atoms with E-state index in [1.54, 1.807) is 18.2 Å². The second kappa shape index (κ2) is 7.08. The summed E-state index contributed by atoms with van der Waals surface area (Å²) in [6, 6.07) is 14.4. The molecule has 0 atom stereocenters. The third-order valence-corrected chi connectivity index (χ3v) is 4.21. The highest BCUT2D eigenvalue weighted by Crippen LogP contribution is 2.28. The van der Waals surface area contributed by atoms with E-state index in [2.05, 4.69) is 0 Å². The molecule has 3 rings (SSSR count). The van der Waals surface area contributed by atoms with E-state index >= 15 is 0 Å². The highest BCUT2D eigenvalue weighted by atomic mass is 16.5. The van der Waals surface area contributed by atoms with Gasteiger partial charge < -0.3 is 10.5 Å². The SMILES string of the molecule is [B]c1cc(C(C)C)c2c(c1)cc(C(N)=O)n2C(=O)OCc1ccccc1. The summed E-state index contributed by atoms with van der Waals surface area (Å²) in [7, 11) is 5.97. The maximum absolute atomic E-state index is 12.8. The molecule has 0 bridgehead atoms. The number of hydrogen-bond donors (Lipinski definition) is 1. The van der Waals surface area contributed by atoms with Gasteiger partial charge in [-0.15, -0.1) is 0 Å². The molecule has 1 amide bonds. The van der Waals surface area contributed by atoms with E-state index in [0.29, 0.717) is 16.4 Å². The Labute approximate surface area is 153 Å². The first-order valence-electron chi connectivity index (χ1n) is 8.34. The summed E-state index contributed by atoms with van der Waals surface area (Å²) in [6.45, 7) is 4.08. The monoisotopic (exact) mass is 346 g/mol. The summed E-state index contributed by atoms with van der Waals surface area (Å²) in [5.74, 6) is -0.608. The van der Waals surface area contributed by atoms with Gasteiger partial charge in [0.2, 0.25) is 0 Å². The third kappa shape index (κ3) is 3.35. The molecule has 0 fully saturated rings. The second-order valence-corrected chi connectivity index (χ2v) is 6.47. The number of nitrogens with zero attached hydrogens (tertiary/aromatic N) is 1. The van der Waals surface area contributed by atoms with Crippen LogP contribution < -0.4 is 11.2 Å². The number of carbonyl (C=O) groups is 2. The van der Waals surface area contributed by atoms with Gasteiger partial charge in [0.1, 0.15) is 20.1 Å². The van der Waals surface area contributed by atoms with Crippen LogP contribution in [0.1, 0.15) is 41.4 Å². The fourth-order valence-corrected chi connectivity index (χ4v) is 3.00. The zero-order valence-electron chi connectivity index (χ0n) is 14.7. The van der Waals surface area contributed by atoms with Gasteiger partial charge in [0, 0.05) is 5.39 Å². The highest BCUT2D eigenvalue weighted by Gasteiger charge is 2.23. The lowest BCUT2D eigenvalue weighted by Crippen LogP contribution is -2.23. The van der Waals surface area contributed by atoms with Gasteiger partial charge in [0.15, 0.2) is 0 Å². The maximum Gasteiger partial charge on any atom is 0.419 e. The van der Waals surface area contributed by atoms with Crippen molar-refractivity contribution in [3.63, 3.8) is 0 Å². The Morgan fingerprint density at radius 3 is 2.46 bits per heavy atom. The van der Waals surface area contributed by atoms with E-state index in [1.165, 1.54) is 4.57 Å². The van der Waals surface area contributed by atoms with Crippen molar-refractivity contribution >= 4 is 36.2 Å². The van der Waals surface area contributed by atoms with Crippen LogP contribution in [0.5, 0.6) is 0 Å². The predicted molar refractivity (Wildman–Crippen MR) is 102 cm³/mol. The molecule has 0 aliphatic heterocycles. The number of fused-ring (bicyclic) bond motifs is 1. The molecular weight excluding hydrogens is 327 g/mol. The van der Waals surface area contributed by atoms with Crippen molar-refractivity contribution in [3.05, 3.63) is 65.4 Å². The number of hydrogen-bond acceptors (Lipinski definition) is 3. The number of amides is 1. The fourth-order valence-electron chi connectivity index (χ4n) is 3.00. The Bertz CT molecular complexity index is 978. The Balaban J connectivity index is 2.09. The molecule has 2 aromatic carbocycles. The van der Waals surface area contributed by atoms with E-state index in [0.717, 1.165) is 11.1 Å². The molecule has 0 aliphatic carbocycles. The van der Waals surface area contributed by atoms with Crippen molar-refractivity contribution in [3.8, 4) is 0 Å². The van der Waals surface area contributed by atoms with Crippen LogP contribution in [0.2, 0.25) is 0 Å². The van der Waals surface area contributed by atoms with Crippen molar-refractivity contribution in [2.24, 2.45) is 5.73 Å². The molecule has 1 heterocycles. The molecule has 0 spiro atoms. The molecule has 0 unspecified atom stereocenters. The summed E-state index contributed by atoms with van der Waals surface area (Å²) in [4.78, 5) is 24.7. The average Bonchev–Trinajstić information content (AvgIpc) is 2.99. The van der Waals surface area contributed by atoms with Gasteiger partial charge in [0.05, 0.1) is 5.52 Å². The first kappa shape index (κ1) is 17.8. The minimum atomic E-state index is -0.703. The van der Waals surface area contributed by atoms with Crippen LogP contribution in [0.25, 0.3) is 10.9 Å². The minimum Gasteiger partial charge on any atom is -0.444 e. The quantitative estimate of drug-likeness (QED) is 0.738. The van der Waals surface area contributed by atoms with Crippen molar-refractivity contribution in [1.82, 2.24) is 4.57 Å². The molecule has 3 aromatic rings. The van der Waals surface area contributed by atoms with Crippen molar-refractivity contribution in [2.45, 2.75) is 26.4 Å². The molecule has 2 N–H and O–H groups in total. The zero-order valence-corrected chi connectivity index (χ0v) is 14.7. The van der Waals surface area contributed by atoms with Crippen LogP contribution >= 0.6 is 0 Å². The van der Waals surface area contributed by atoms with Crippen molar-refractivity contribution < 1.29 is 14.3 Å². The third-order valence-electron chi connectivity index (χ3n) is 4.21. The molecular formula is C20H19BN2O3. The number of primary amides is 1. The molecule has 0 aliphatic rings. The summed E-state index contributed by atoms with van der Waals surface area (Å²) in [5.41, 5.74) is 8.43. The van der Waals surface area contributed by atoms with Gasteiger partial charge in [-0.05, 0) is 23.1 Å². The van der Waals surface area contributed by atoms with Gasteiger partial charge >= 0.3 is 6.09 Å². The van der Waals surface area contributed by atoms with Crippen LogP contribution in [0.3, 0.4) is 0 Å². The van der Waals surface area contributed by atoms with E-state index < -0.39 is 12.0 Å². The molecule has 0 saturated heterocycles. The number of aromatic nitrogens is 1. The molecule has 5 nitrogen and oxygen atoms in total. The minimum absolute atomic E-state index is 0.0746. The number of benzene rings is 2. The Hall–Kier alpha value is -3.02. The van der Waals surface area contributed by atoms with Crippen LogP contribution in [-0.2, 0) is 11.3 Å². The van der Waals surface area contributed by atoms with Crippen molar-refractivity contribution in [2.75, 3.05) is 0 Å². The van der Waals surface area contributed by atoms with Crippen LogP contribution in [0, 0.1) is 0 Å². The largest absolute Gasteiger partial charge is 0.444 e. The summed E-state index contributed by atoms with van der Waals surface area (Å²) >= 11 is 0.